The second kappa shape index (κ2) is 3.27. The summed E-state index contributed by atoms with van der Waals surface area (Å²) in [5.41, 5.74) is 0.547. The summed E-state index contributed by atoms with van der Waals surface area (Å²) in [6, 6.07) is 3.55. The van der Waals surface area contributed by atoms with Gasteiger partial charge in [0.1, 0.15) is 5.76 Å². The molecule has 0 aliphatic heterocycles. The Hall–Kier alpha value is -2.04. The van der Waals surface area contributed by atoms with Crippen molar-refractivity contribution in [2.75, 3.05) is 0 Å². The van der Waals surface area contributed by atoms with E-state index >= 15 is 0 Å². The predicted molar refractivity (Wildman–Crippen MR) is 52.7 cm³/mol. The Labute approximate surface area is 85.8 Å². The van der Waals surface area contributed by atoms with E-state index in [1.165, 1.54) is 0 Å². The van der Waals surface area contributed by atoms with E-state index in [9.17, 15) is 4.79 Å². The number of H-pyrrole nitrogens is 1. The van der Waals surface area contributed by atoms with Gasteiger partial charge in [0.2, 0.25) is 0 Å². The molecule has 0 saturated carbocycles. The largest absolute Gasteiger partial charge is 0.476 e. The van der Waals surface area contributed by atoms with Crippen molar-refractivity contribution >= 4 is 5.97 Å². The van der Waals surface area contributed by atoms with Gasteiger partial charge < -0.3 is 14.5 Å². The number of furan rings is 1. The van der Waals surface area contributed by atoms with E-state index in [2.05, 4.69) is 9.97 Å². The minimum absolute atomic E-state index is 0.0269. The van der Waals surface area contributed by atoms with Gasteiger partial charge in [0.05, 0.1) is 0 Å². The van der Waals surface area contributed by atoms with E-state index in [-0.39, 0.29) is 5.69 Å². The average molecular weight is 206 g/mol. The molecule has 5 nitrogen and oxygen atoms in total. The summed E-state index contributed by atoms with van der Waals surface area (Å²) in [7, 11) is 0. The van der Waals surface area contributed by atoms with Gasteiger partial charge >= 0.3 is 5.97 Å². The van der Waals surface area contributed by atoms with Crippen molar-refractivity contribution in [3.8, 4) is 11.6 Å². The summed E-state index contributed by atoms with van der Waals surface area (Å²) in [4.78, 5) is 17.6. The number of aromatic nitrogens is 2. The maximum absolute atomic E-state index is 10.8. The molecular formula is C10H10N2O3. The number of carboxylic acid groups (broad SMARTS) is 1. The number of nitrogens with zero attached hydrogens (tertiary/aromatic N) is 1. The number of hydrogen-bond acceptors (Lipinski definition) is 3. The Morgan fingerprint density at radius 1 is 1.47 bits per heavy atom. The van der Waals surface area contributed by atoms with Gasteiger partial charge in [-0.05, 0) is 26.0 Å². The lowest BCUT2D eigenvalue weighted by molar-refractivity contribution is 0.0690. The number of aromatic carboxylic acids is 1. The Bertz CT molecular complexity index is 510. The highest BCUT2D eigenvalue weighted by Gasteiger charge is 2.15. The fourth-order valence-electron chi connectivity index (χ4n) is 1.35. The van der Waals surface area contributed by atoms with Crippen LogP contribution >= 0.6 is 0 Å². The van der Waals surface area contributed by atoms with Gasteiger partial charge in [0.15, 0.2) is 17.3 Å². The number of carboxylic acids is 1. The fourth-order valence-corrected chi connectivity index (χ4v) is 1.35. The van der Waals surface area contributed by atoms with E-state index in [0.29, 0.717) is 17.3 Å². The van der Waals surface area contributed by atoms with E-state index in [1.807, 2.05) is 6.92 Å². The maximum Gasteiger partial charge on any atom is 0.356 e. The molecule has 0 aromatic carbocycles. The third kappa shape index (κ3) is 1.63. The van der Waals surface area contributed by atoms with Crippen LogP contribution in [0.1, 0.15) is 21.9 Å². The number of rotatable bonds is 2. The van der Waals surface area contributed by atoms with Crippen LogP contribution in [0.2, 0.25) is 0 Å². The fraction of sp³-hybridized carbons (Fsp3) is 0.200. The normalized spacial score (nSPS) is 10.5. The van der Waals surface area contributed by atoms with Crippen LogP contribution in [0, 0.1) is 13.8 Å². The molecule has 15 heavy (non-hydrogen) atoms. The molecule has 2 aromatic rings. The van der Waals surface area contributed by atoms with Gasteiger partial charge in [-0.2, -0.15) is 0 Å². The molecule has 0 spiro atoms. The highest BCUT2D eigenvalue weighted by atomic mass is 16.4. The molecule has 0 saturated heterocycles. The van der Waals surface area contributed by atoms with Crippen LogP contribution in [-0.4, -0.2) is 21.0 Å². The Kier molecular flexibility index (Phi) is 2.07. The van der Waals surface area contributed by atoms with Crippen molar-refractivity contribution in [3.63, 3.8) is 0 Å². The zero-order valence-electron chi connectivity index (χ0n) is 8.37. The molecule has 2 heterocycles. The van der Waals surface area contributed by atoms with E-state index in [1.54, 1.807) is 19.1 Å². The molecule has 2 rings (SSSR count). The molecule has 2 aromatic heterocycles. The van der Waals surface area contributed by atoms with Gasteiger partial charge in [0, 0.05) is 5.69 Å². The molecule has 0 aliphatic carbocycles. The lowest BCUT2D eigenvalue weighted by Crippen LogP contribution is -1.98. The van der Waals surface area contributed by atoms with Gasteiger partial charge in [-0.25, -0.2) is 9.78 Å². The second-order valence-corrected chi connectivity index (χ2v) is 3.27. The predicted octanol–water partition coefficient (Wildman–Crippen LogP) is 1.98. The number of aryl methyl sites for hydroxylation is 2. The first-order chi connectivity index (χ1) is 7.08. The summed E-state index contributed by atoms with van der Waals surface area (Å²) in [6.45, 7) is 3.48. The second-order valence-electron chi connectivity index (χ2n) is 3.27. The van der Waals surface area contributed by atoms with Crippen LogP contribution in [0.3, 0.4) is 0 Å². The van der Waals surface area contributed by atoms with Crippen LogP contribution in [0.5, 0.6) is 0 Å². The molecular weight excluding hydrogens is 196 g/mol. The molecule has 0 unspecified atom stereocenters. The molecule has 0 aliphatic rings. The minimum atomic E-state index is -1.04. The highest BCUT2D eigenvalue weighted by molar-refractivity contribution is 5.87. The Morgan fingerprint density at radius 2 is 2.20 bits per heavy atom. The quantitative estimate of drug-likeness (QED) is 0.787. The monoisotopic (exact) mass is 206 g/mol. The van der Waals surface area contributed by atoms with Crippen LogP contribution in [0.4, 0.5) is 0 Å². The first-order valence-corrected chi connectivity index (χ1v) is 4.44. The maximum atomic E-state index is 10.8. The third-order valence-electron chi connectivity index (χ3n) is 2.06. The summed E-state index contributed by atoms with van der Waals surface area (Å²) < 4.78 is 5.33. The number of nitrogens with one attached hydrogen (secondary N) is 1. The van der Waals surface area contributed by atoms with Crippen LogP contribution < -0.4 is 0 Å². The van der Waals surface area contributed by atoms with Gasteiger partial charge in [0.25, 0.3) is 0 Å². The average Bonchev–Trinajstić information content (AvgIpc) is 2.71. The van der Waals surface area contributed by atoms with Gasteiger partial charge in [-0.1, -0.05) is 0 Å². The molecule has 0 amide bonds. The van der Waals surface area contributed by atoms with Crippen molar-refractivity contribution in [3.05, 3.63) is 29.3 Å². The summed E-state index contributed by atoms with van der Waals surface area (Å²) >= 11 is 0. The van der Waals surface area contributed by atoms with E-state index < -0.39 is 5.97 Å². The van der Waals surface area contributed by atoms with Crippen LogP contribution in [0.25, 0.3) is 11.6 Å². The lowest BCUT2D eigenvalue weighted by atomic mass is 10.4. The van der Waals surface area contributed by atoms with Crippen molar-refractivity contribution in [2.24, 2.45) is 0 Å². The summed E-state index contributed by atoms with van der Waals surface area (Å²) in [5, 5.41) is 8.82. The molecule has 0 bridgehead atoms. The Morgan fingerprint density at radius 3 is 2.67 bits per heavy atom. The van der Waals surface area contributed by atoms with Crippen molar-refractivity contribution in [1.82, 2.24) is 9.97 Å². The zero-order valence-corrected chi connectivity index (χ0v) is 8.37. The number of carbonyl (C=O) groups is 1. The molecule has 0 fully saturated rings. The van der Waals surface area contributed by atoms with E-state index in [0.717, 1.165) is 5.76 Å². The summed E-state index contributed by atoms with van der Waals surface area (Å²) in [5.74, 6) is 0.704. The van der Waals surface area contributed by atoms with Gasteiger partial charge in [-0.3, -0.25) is 0 Å². The highest BCUT2D eigenvalue weighted by Crippen LogP contribution is 2.20. The van der Waals surface area contributed by atoms with Gasteiger partial charge in [-0.15, -0.1) is 0 Å². The summed E-state index contributed by atoms with van der Waals surface area (Å²) in [6.07, 6.45) is 0. The number of hydrogen-bond donors (Lipinski definition) is 2. The molecule has 0 radical (unpaired) electrons. The number of imidazole rings is 1. The molecule has 2 N–H and O–H groups in total. The van der Waals surface area contributed by atoms with Crippen molar-refractivity contribution in [2.45, 2.75) is 13.8 Å². The smallest absolute Gasteiger partial charge is 0.356 e. The number of aromatic amines is 1. The minimum Gasteiger partial charge on any atom is -0.476 e. The van der Waals surface area contributed by atoms with Crippen LogP contribution in [0.15, 0.2) is 16.5 Å². The standard InChI is InChI=1S/C10H10N2O3/c1-5-3-4-7(15-5)9-11-6(2)8(12-9)10(13)14/h3-4H,1-2H3,(H,11,12)(H,13,14). The molecule has 78 valence electrons. The Balaban J connectivity index is 2.46. The van der Waals surface area contributed by atoms with Crippen molar-refractivity contribution in [1.29, 1.82) is 0 Å². The van der Waals surface area contributed by atoms with E-state index in [4.69, 9.17) is 9.52 Å². The van der Waals surface area contributed by atoms with Crippen LogP contribution in [-0.2, 0) is 0 Å². The third-order valence-corrected chi connectivity index (χ3v) is 2.06. The molecule has 5 heteroatoms. The first kappa shape index (κ1) is 9.51. The molecule has 0 atom stereocenters. The SMILES string of the molecule is Cc1ccc(-c2nc(C(=O)O)c(C)[nH]2)o1. The lowest BCUT2D eigenvalue weighted by Gasteiger charge is -1.88. The zero-order chi connectivity index (χ0) is 11.0. The first-order valence-electron chi connectivity index (χ1n) is 4.44. The topological polar surface area (TPSA) is 79.1 Å². The van der Waals surface area contributed by atoms with Crippen molar-refractivity contribution < 1.29 is 14.3 Å².